The number of para-hydroxylation sites is 2. The van der Waals surface area contributed by atoms with Gasteiger partial charge >= 0.3 is 0 Å². The summed E-state index contributed by atoms with van der Waals surface area (Å²) in [7, 11) is 0. The van der Waals surface area contributed by atoms with Gasteiger partial charge in [-0.25, -0.2) is 15.0 Å². The zero-order valence-corrected chi connectivity index (χ0v) is 26.7. The molecule has 4 heterocycles. The van der Waals surface area contributed by atoms with Gasteiger partial charge in [-0.15, -0.1) is 0 Å². The predicted octanol–water partition coefficient (Wildman–Crippen LogP) is 10.9. The first-order valence-electron chi connectivity index (χ1n) is 16.6. The average Bonchev–Trinajstić information content (AvgIpc) is 3.75. The van der Waals surface area contributed by atoms with Crippen molar-refractivity contribution in [1.29, 1.82) is 0 Å². The number of fused-ring (bicyclic) bond motifs is 7. The van der Waals surface area contributed by atoms with Crippen LogP contribution in [0.2, 0.25) is 0 Å². The van der Waals surface area contributed by atoms with Crippen LogP contribution in [0.3, 0.4) is 0 Å². The van der Waals surface area contributed by atoms with E-state index in [2.05, 4.69) is 113 Å². The van der Waals surface area contributed by atoms with Crippen LogP contribution in [0.4, 0.5) is 0 Å². The molecular formula is C44H27N5O. The van der Waals surface area contributed by atoms with Crippen molar-refractivity contribution < 1.29 is 4.42 Å². The van der Waals surface area contributed by atoms with Crippen molar-refractivity contribution in [1.82, 2.24) is 24.5 Å². The summed E-state index contributed by atoms with van der Waals surface area (Å²) >= 11 is 0. The van der Waals surface area contributed by atoms with Crippen LogP contribution >= 0.6 is 0 Å². The molecule has 0 unspecified atom stereocenters. The number of hydrogen-bond acceptors (Lipinski definition) is 5. The molecule has 0 fully saturated rings. The van der Waals surface area contributed by atoms with Gasteiger partial charge in [-0.2, -0.15) is 0 Å². The van der Waals surface area contributed by atoms with Gasteiger partial charge in [0, 0.05) is 56.3 Å². The first-order chi connectivity index (χ1) is 24.8. The van der Waals surface area contributed by atoms with Crippen molar-refractivity contribution >= 4 is 43.7 Å². The van der Waals surface area contributed by atoms with Crippen LogP contribution in [0.1, 0.15) is 0 Å². The molecule has 4 aromatic heterocycles. The van der Waals surface area contributed by atoms with Gasteiger partial charge in [0.25, 0.3) is 0 Å². The van der Waals surface area contributed by atoms with Crippen molar-refractivity contribution in [3.05, 3.63) is 164 Å². The second-order valence-corrected chi connectivity index (χ2v) is 12.3. The van der Waals surface area contributed by atoms with Gasteiger partial charge in [-0.1, -0.05) is 109 Å². The lowest BCUT2D eigenvalue weighted by Crippen LogP contribution is -2.00. The molecule has 0 saturated carbocycles. The zero-order chi connectivity index (χ0) is 33.0. The number of rotatable bonds is 5. The Morgan fingerprint density at radius 3 is 1.92 bits per heavy atom. The highest BCUT2D eigenvalue weighted by molar-refractivity contribution is 6.23. The molecule has 10 aromatic rings. The molecule has 0 radical (unpaired) electrons. The van der Waals surface area contributed by atoms with Crippen LogP contribution in [0.25, 0.3) is 94.7 Å². The average molecular weight is 642 g/mol. The van der Waals surface area contributed by atoms with E-state index >= 15 is 0 Å². The Kier molecular flexibility index (Phi) is 6.39. The van der Waals surface area contributed by atoms with Crippen molar-refractivity contribution in [2.45, 2.75) is 0 Å². The molecule has 0 bridgehead atoms. The SMILES string of the molecule is c1ccc(-c2ccc(-c3nc(-c4cccnc4)nc(-c4cccc5oc6c(ccc7c8ccccc8n(-c8ccccc8)c76)c45)n3)cc2)cc1. The van der Waals surface area contributed by atoms with Crippen LogP contribution in [-0.4, -0.2) is 24.5 Å². The second-order valence-electron chi connectivity index (χ2n) is 12.3. The van der Waals surface area contributed by atoms with E-state index in [9.17, 15) is 0 Å². The Morgan fingerprint density at radius 1 is 0.460 bits per heavy atom. The van der Waals surface area contributed by atoms with Crippen molar-refractivity contribution in [3.8, 4) is 51.0 Å². The molecule has 0 aliphatic rings. The molecule has 6 heteroatoms. The summed E-state index contributed by atoms with van der Waals surface area (Å²) < 4.78 is 9.10. The molecule has 0 atom stereocenters. The topological polar surface area (TPSA) is 69.6 Å². The van der Waals surface area contributed by atoms with E-state index in [1.54, 1.807) is 12.4 Å². The minimum absolute atomic E-state index is 0.557. The largest absolute Gasteiger partial charge is 0.454 e. The van der Waals surface area contributed by atoms with Crippen LogP contribution in [-0.2, 0) is 0 Å². The lowest BCUT2D eigenvalue weighted by Gasteiger charge is -2.10. The van der Waals surface area contributed by atoms with Crippen molar-refractivity contribution in [2.24, 2.45) is 0 Å². The van der Waals surface area contributed by atoms with Gasteiger partial charge in [-0.3, -0.25) is 4.98 Å². The van der Waals surface area contributed by atoms with Crippen LogP contribution < -0.4 is 0 Å². The van der Waals surface area contributed by atoms with Crippen molar-refractivity contribution in [2.75, 3.05) is 0 Å². The third-order valence-electron chi connectivity index (χ3n) is 9.36. The number of aromatic nitrogens is 5. The highest BCUT2D eigenvalue weighted by Gasteiger charge is 2.22. The fraction of sp³-hybridized carbons (Fsp3) is 0. The van der Waals surface area contributed by atoms with Crippen molar-refractivity contribution in [3.63, 3.8) is 0 Å². The van der Waals surface area contributed by atoms with E-state index in [4.69, 9.17) is 19.4 Å². The Morgan fingerprint density at radius 2 is 1.12 bits per heavy atom. The summed E-state index contributed by atoms with van der Waals surface area (Å²) in [5, 5.41) is 4.27. The molecule has 0 spiro atoms. The number of nitrogens with zero attached hydrogens (tertiary/aromatic N) is 5. The molecule has 234 valence electrons. The fourth-order valence-electron chi connectivity index (χ4n) is 7.06. The molecule has 0 saturated heterocycles. The molecule has 0 aliphatic heterocycles. The van der Waals surface area contributed by atoms with E-state index in [-0.39, 0.29) is 0 Å². The molecule has 6 aromatic carbocycles. The van der Waals surface area contributed by atoms with E-state index in [1.165, 1.54) is 5.39 Å². The standard InChI is InChI=1S/C44H27N5O/c1-3-11-28(12-4-1)29-20-22-30(23-21-29)42-46-43(31-13-10-26-45-27-31)48-44(47-42)36-17-9-19-38-39(36)35-25-24-34-33-16-7-8-18-37(33)49(40(34)41(35)50-38)32-14-5-2-6-15-32/h1-27H. The maximum atomic E-state index is 6.80. The van der Waals surface area contributed by atoms with E-state index in [0.29, 0.717) is 17.5 Å². The summed E-state index contributed by atoms with van der Waals surface area (Å²) in [6.45, 7) is 0. The minimum atomic E-state index is 0.557. The summed E-state index contributed by atoms with van der Waals surface area (Å²) in [4.78, 5) is 19.5. The summed E-state index contributed by atoms with van der Waals surface area (Å²) in [5.41, 5.74) is 9.70. The number of pyridine rings is 1. The zero-order valence-electron chi connectivity index (χ0n) is 26.7. The summed E-state index contributed by atoms with van der Waals surface area (Å²) in [6.07, 6.45) is 3.54. The Balaban J connectivity index is 1.21. The first kappa shape index (κ1) is 28.1. The van der Waals surface area contributed by atoms with Gasteiger partial charge in [0.2, 0.25) is 0 Å². The van der Waals surface area contributed by atoms with Gasteiger partial charge in [0.1, 0.15) is 5.58 Å². The van der Waals surface area contributed by atoms with Crippen LogP contribution in [0.15, 0.2) is 168 Å². The molecule has 50 heavy (non-hydrogen) atoms. The third kappa shape index (κ3) is 4.50. The highest BCUT2D eigenvalue weighted by Crippen LogP contribution is 2.43. The summed E-state index contributed by atoms with van der Waals surface area (Å²) in [5.74, 6) is 1.71. The molecule has 6 nitrogen and oxygen atoms in total. The number of furan rings is 1. The molecule has 0 amide bonds. The molecule has 0 aliphatic carbocycles. The Hall–Kier alpha value is -6.92. The normalized spacial score (nSPS) is 11.6. The Bertz CT molecular complexity index is 2840. The smallest absolute Gasteiger partial charge is 0.165 e. The molecule has 10 rings (SSSR count). The van der Waals surface area contributed by atoms with Crippen LogP contribution in [0.5, 0.6) is 0 Å². The van der Waals surface area contributed by atoms with E-state index in [1.807, 2.05) is 48.5 Å². The second kappa shape index (κ2) is 11.4. The fourth-order valence-corrected chi connectivity index (χ4v) is 7.06. The maximum absolute atomic E-state index is 6.80. The Labute approximate surface area is 287 Å². The maximum Gasteiger partial charge on any atom is 0.165 e. The lowest BCUT2D eigenvalue weighted by atomic mass is 10.0. The number of benzene rings is 6. The van der Waals surface area contributed by atoms with Gasteiger partial charge in [0.15, 0.2) is 23.1 Å². The monoisotopic (exact) mass is 641 g/mol. The minimum Gasteiger partial charge on any atom is -0.454 e. The predicted molar refractivity (Wildman–Crippen MR) is 201 cm³/mol. The first-order valence-corrected chi connectivity index (χ1v) is 16.6. The quantitative estimate of drug-likeness (QED) is 0.187. The number of hydrogen-bond donors (Lipinski definition) is 0. The van der Waals surface area contributed by atoms with Gasteiger partial charge in [-0.05, 0) is 53.6 Å². The highest BCUT2D eigenvalue weighted by atomic mass is 16.3. The third-order valence-corrected chi connectivity index (χ3v) is 9.36. The summed E-state index contributed by atoms with van der Waals surface area (Å²) in [6, 6.07) is 52.0. The van der Waals surface area contributed by atoms with E-state index < -0.39 is 0 Å². The lowest BCUT2D eigenvalue weighted by molar-refractivity contribution is 0.671. The molecule has 0 N–H and O–H groups in total. The van der Waals surface area contributed by atoms with Crippen LogP contribution in [0, 0.1) is 0 Å². The molecular weight excluding hydrogens is 615 g/mol. The van der Waals surface area contributed by atoms with Gasteiger partial charge in [0.05, 0.1) is 11.0 Å². The van der Waals surface area contributed by atoms with Gasteiger partial charge < -0.3 is 8.98 Å². The van der Waals surface area contributed by atoms with E-state index in [0.717, 1.165) is 71.9 Å².